The first-order valence-electron chi connectivity index (χ1n) is 12.0. The molecule has 0 bridgehead atoms. The molecule has 2 atom stereocenters. The molecule has 7 heteroatoms. The number of nitrogens with zero attached hydrogens (tertiary/aromatic N) is 2. The summed E-state index contributed by atoms with van der Waals surface area (Å²) in [6.45, 7) is 0.595. The number of aromatic nitrogens is 2. The fraction of sp³-hybridized carbons (Fsp3) is 0.207. The first kappa shape index (κ1) is 23.4. The minimum atomic E-state index is -0.834. The normalized spacial score (nSPS) is 15.9. The van der Waals surface area contributed by atoms with Crippen LogP contribution in [0, 0.1) is 0 Å². The summed E-state index contributed by atoms with van der Waals surface area (Å²) < 4.78 is 4.78. The van der Waals surface area contributed by atoms with Crippen molar-refractivity contribution in [2.75, 3.05) is 13.7 Å². The molecule has 0 spiro atoms. The number of aromatic amines is 1. The van der Waals surface area contributed by atoms with Crippen molar-refractivity contribution in [2.45, 2.75) is 24.9 Å². The molecule has 5 rings (SSSR count). The number of benzene rings is 3. The van der Waals surface area contributed by atoms with E-state index < -0.39 is 12.1 Å². The average molecular weight is 481 g/mol. The summed E-state index contributed by atoms with van der Waals surface area (Å²) in [4.78, 5) is 35.5. The van der Waals surface area contributed by atoms with Crippen LogP contribution in [0.4, 0.5) is 4.79 Å². The maximum absolute atomic E-state index is 13.6. The third kappa shape index (κ3) is 4.86. The quantitative estimate of drug-likeness (QED) is 0.381. The minimum absolute atomic E-state index is 0.181. The molecule has 0 aliphatic carbocycles. The Labute approximate surface area is 210 Å². The summed E-state index contributed by atoms with van der Waals surface area (Å²) in [6.07, 6.45) is 2.82. The minimum Gasteiger partial charge on any atom is -0.453 e. The molecular formula is C29H28N4O3. The summed E-state index contributed by atoms with van der Waals surface area (Å²) in [7, 11) is 1.29. The number of likely N-dealkylation sites (tertiary alicyclic amines) is 1. The van der Waals surface area contributed by atoms with Gasteiger partial charge in [0.15, 0.2) is 0 Å². The Morgan fingerprint density at radius 2 is 1.58 bits per heavy atom. The van der Waals surface area contributed by atoms with Crippen LogP contribution in [0.5, 0.6) is 0 Å². The molecule has 0 saturated carbocycles. The summed E-state index contributed by atoms with van der Waals surface area (Å²) >= 11 is 0. The van der Waals surface area contributed by atoms with Crippen molar-refractivity contribution in [1.29, 1.82) is 0 Å². The topological polar surface area (TPSA) is 87.3 Å². The van der Waals surface area contributed by atoms with Crippen LogP contribution >= 0.6 is 0 Å². The molecule has 0 unspecified atom stereocenters. The van der Waals surface area contributed by atoms with Crippen LogP contribution in [0.3, 0.4) is 0 Å². The van der Waals surface area contributed by atoms with Crippen LogP contribution in [0.15, 0.2) is 91.1 Å². The van der Waals surface area contributed by atoms with Gasteiger partial charge in [0, 0.05) is 6.54 Å². The van der Waals surface area contributed by atoms with Crippen molar-refractivity contribution in [3.8, 4) is 22.4 Å². The van der Waals surface area contributed by atoms with E-state index in [-0.39, 0.29) is 11.9 Å². The molecule has 1 fully saturated rings. The lowest BCUT2D eigenvalue weighted by Gasteiger charge is -2.28. The molecule has 2 N–H and O–H groups in total. The summed E-state index contributed by atoms with van der Waals surface area (Å²) in [6, 6.07) is 26.8. The molecule has 2 amide bonds. The zero-order valence-corrected chi connectivity index (χ0v) is 20.1. The van der Waals surface area contributed by atoms with Crippen LogP contribution in [0.2, 0.25) is 0 Å². The number of carbonyl (C=O) groups excluding carboxylic acids is 2. The maximum Gasteiger partial charge on any atom is 0.407 e. The van der Waals surface area contributed by atoms with Crippen molar-refractivity contribution in [3.05, 3.63) is 103 Å². The van der Waals surface area contributed by atoms with E-state index in [1.807, 2.05) is 54.7 Å². The Morgan fingerprint density at radius 3 is 2.28 bits per heavy atom. The number of hydrogen-bond acceptors (Lipinski definition) is 4. The third-order valence-electron chi connectivity index (χ3n) is 6.58. The number of nitrogens with one attached hydrogen (secondary N) is 2. The highest BCUT2D eigenvalue weighted by molar-refractivity contribution is 5.87. The van der Waals surface area contributed by atoms with Gasteiger partial charge >= 0.3 is 6.09 Å². The van der Waals surface area contributed by atoms with Crippen molar-refractivity contribution in [1.82, 2.24) is 20.2 Å². The number of alkyl carbamates (subject to hydrolysis) is 1. The fourth-order valence-electron chi connectivity index (χ4n) is 4.72. The Balaban J connectivity index is 1.36. The van der Waals surface area contributed by atoms with E-state index in [0.717, 1.165) is 35.5 Å². The predicted molar refractivity (Wildman–Crippen MR) is 138 cm³/mol. The predicted octanol–water partition coefficient (Wildman–Crippen LogP) is 5.50. The molecule has 2 heterocycles. The molecule has 7 nitrogen and oxygen atoms in total. The van der Waals surface area contributed by atoms with Crippen molar-refractivity contribution in [3.63, 3.8) is 0 Å². The number of carbonyl (C=O) groups is 2. The van der Waals surface area contributed by atoms with Crippen LogP contribution in [0.25, 0.3) is 22.4 Å². The Kier molecular flexibility index (Phi) is 6.80. The lowest BCUT2D eigenvalue weighted by molar-refractivity contribution is -0.134. The monoisotopic (exact) mass is 480 g/mol. The number of methoxy groups -OCH3 is 1. The van der Waals surface area contributed by atoms with Gasteiger partial charge in [-0.3, -0.25) is 4.79 Å². The largest absolute Gasteiger partial charge is 0.453 e. The molecule has 0 radical (unpaired) electrons. The van der Waals surface area contributed by atoms with Gasteiger partial charge in [-0.25, -0.2) is 9.78 Å². The first-order valence-corrected chi connectivity index (χ1v) is 12.0. The molecule has 1 aromatic heterocycles. The van der Waals surface area contributed by atoms with Gasteiger partial charge in [-0.2, -0.15) is 0 Å². The fourth-order valence-corrected chi connectivity index (χ4v) is 4.72. The van der Waals surface area contributed by atoms with E-state index in [4.69, 9.17) is 4.74 Å². The summed E-state index contributed by atoms with van der Waals surface area (Å²) in [5.74, 6) is 0.562. The van der Waals surface area contributed by atoms with Crippen LogP contribution < -0.4 is 5.32 Å². The van der Waals surface area contributed by atoms with E-state index >= 15 is 0 Å². The highest BCUT2D eigenvalue weighted by atomic mass is 16.5. The number of H-pyrrole nitrogens is 1. The molecule has 4 aromatic rings. The van der Waals surface area contributed by atoms with Gasteiger partial charge in [-0.15, -0.1) is 0 Å². The van der Waals surface area contributed by atoms with Gasteiger partial charge in [-0.1, -0.05) is 84.9 Å². The van der Waals surface area contributed by atoms with E-state index in [0.29, 0.717) is 12.1 Å². The van der Waals surface area contributed by atoms with Crippen LogP contribution in [-0.2, 0) is 9.53 Å². The van der Waals surface area contributed by atoms with Gasteiger partial charge in [0.2, 0.25) is 0 Å². The second-order valence-corrected chi connectivity index (χ2v) is 8.79. The molecule has 1 aliphatic heterocycles. The lowest BCUT2D eigenvalue weighted by Crippen LogP contribution is -2.42. The molecule has 1 saturated heterocycles. The number of hydrogen-bond donors (Lipinski definition) is 2. The van der Waals surface area contributed by atoms with E-state index in [1.54, 1.807) is 4.90 Å². The summed E-state index contributed by atoms with van der Waals surface area (Å²) in [5.41, 5.74) is 4.95. The zero-order valence-electron chi connectivity index (χ0n) is 20.1. The highest BCUT2D eigenvalue weighted by Gasteiger charge is 2.37. The molecule has 3 aromatic carbocycles. The number of amides is 2. The van der Waals surface area contributed by atoms with E-state index in [2.05, 4.69) is 51.7 Å². The van der Waals surface area contributed by atoms with Gasteiger partial charge < -0.3 is 19.9 Å². The number of ether oxygens (including phenoxy) is 1. The van der Waals surface area contributed by atoms with Gasteiger partial charge in [0.1, 0.15) is 11.9 Å². The van der Waals surface area contributed by atoms with Gasteiger partial charge in [-0.05, 0) is 35.1 Å². The van der Waals surface area contributed by atoms with Crippen molar-refractivity contribution in [2.24, 2.45) is 0 Å². The molecule has 36 heavy (non-hydrogen) atoms. The smallest absolute Gasteiger partial charge is 0.407 e. The third-order valence-corrected chi connectivity index (χ3v) is 6.58. The van der Waals surface area contributed by atoms with Crippen molar-refractivity contribution >= 4 is 12.0 Å². The standard InChI is InChI=1S/C29H28N4O3/c1-36-29(35)32-26(23-11-6-3-7-12-23)28(34)33-18-8-13-25(33)27-30-19-24(31-27)22-16-14-21(15-17-22)20-9-4-2-5-10-20/h2-7,9-12,14-17,19,25-26H,8,13,18H2,1H3,(H,30,31)(H,32,35)/t25-,26+/m0/s1. The summed E-state index contributed by atoms with van der Waals surface area (Å²) in [5, 5.41) is 2.70. The Hall–Kier alpha value is -4.39. The highest BCUT2D eigenvalue weighted by Crippen LogP contribution is 2.34. The Bertz CT molecular complexity index is 1320. The first-order chi connectivity index (χ1) is 17.6. The van der Waals surface area contributed by atoms with Crippen LogP contribution in [-0.4, -0.2) is 40.5 Å². The second-order valence-electron chi connectivity index (χ2n) is 8.79. The molecule has 1 aliphatic rings. The Morgan fingerprint density at radius 1 is 0.944 bits per heavy atom. The zero-order chi connectivity index (χ0) is 24.9. The number of imidazole rings is 1. The number of rotatable bonds is 6. The lowest BCUT2D eigenvalue weighted by atomic mass is 10.0. The van der Waals surface area contributed by atoms with Gasteiger partial charge in [0.25, 0.3) is 5.91 Å². The van der Waals surface area contributed by atoms with E-state index in [1.165, 1.54) is 12.7 Å². The average Bonchev–Trinajstić information content (AvgIpc) is 3.62. The SMILES string of the molecule is COC(=O)N[C@@H](C(=O)N1CCC[C@H]1c1ncc(-c2ccc(-c3ccccc3)cc2)[nH]1)c1ccccc1. The van der Waals surface area contributed by atoms with Crippen LogP contribution in [0.1, 0.15) is 36.3 Å². The molecule has 182 valence electrons. The van der Waals surface area contributed by atoms with Crippen molar-refractivity contribution < 1.29 is 14.3 Å². The van der Waals surface area contributed by atoms with Gasteiger partial charge in [0.05, 0.1) is 25.0 Å². The van der Waals surface area contributed by atoms with E-state index in [9.17, 15) is 9.59 Å². The molecular weight excluding hydrogens is 452 g/mol. The second kappa shape index (κ2) is 10.5. The maximum atomic E-state index is 13.6.